The molecule has 4 nitrogen and oxygen atoms in total. The number of rotatable bonds is 4. The summed E-state index contributed by atoms with van der Waals surface area (Å²) in [5.41, 5.74) is 1.04. The summed E-state index contributed by atoms with van der Waals surface area (Å²) in [7, 11) is -1.68. The van der Waals surface area contributed by atoms with E-state index in [1.54, 1.807) is 6.20 Å². The molecule has 0 saturated carbocycles. The van der Waals surface area contributed by atoms with Gasteiger partial charge in [0.05, 0.1) is 31.1 Å². The van der Waals surface area contributed by atoms with Crippen molar-refractivity contribution < 1.29 is 4.43 Å². The van der Waals surface area contributed by atoms with E-state index in [2.05, 4.69) is 59.9 Å². The molecule has 0 N–H and O–H groups in total. The molecule has 0 aromatic carbocycles. The molecule has 110 valence electrons. The van der Waals surface area contributed by atoms with Crippen LogP contribution in [0, 0.1) is 0 Å². The first-order chi connectivity index (χ1) is 9.22. The maximum Gasteiger partial charge on any atom is 0.192 e. The van der Waals surface area contributed by atoms with Gasteiger partial charge < -0.3 is 4.43 Å². The molecule has 0 bridgehead atoms. The van der Waals surface area contributed by atoms with Crippen molar-refractivity contribution in [2.24, 2.45) is 0 Å². The fourth-order valence-electron chi connectivity index (χ4n) is 1.74. The summed E-state index contributed by atoms with van der Waals surface area (Å²) in [5.74, 6) is 0. The summed E-state index contributed by atoms with van der Waals surface area (Å²) in [6.07, 6.45) is 5.51. The van der Waals surface area contributed by atoms with E-state index in [0.717, 1.165) is 21.9 Å². The van der Waals surface area contributed by atoms with Crippen LogP contribution >= 0.6 is 15.9 Å². The van der Waals surface area contributed by atoms with Crippen molar-refractivity contribution in [2.45, 2.75) is 45.4 Å². The summed E-state index contributed by atoms with van der Waals surface area (Å²) in [5, 5.41) is 5.75. The Kier molecular flexibility index (Phi) is 4.37. The van der Waals surface area contributed by atoms with Crippen LogP contribution in [0.2, 0.25) is 18.1 Å². The average Bonchev–Trinajstić information content (AvgIpc) is 2.72. The highest BCUT2D eigenvalue weighted by Crippen LogP contribution is 2.36. The van der Waals surface area contributed by atoms with E-state index in [9.17, 15) is 0 Å². The molecular formula is C14H22BrN3OSi. The highest BCUT2D eigenvalue weighted by molar-refractivity contribution is 9.10. The lowest BCUT2D eigenvalue weighted by Crippen LogP contribution is -2.41. The van der Waals surface area contributed by atoms with E-state index >= 15 is 0 Å². The number of hydrogen-bond acceptors (Lipinski definition) is 3. The van der Waals surface area contributed by atoms with Crippen LogP contribution in [0.15, 0.2) is 23.1 Å². The Labute approximate surface area is 129 Å². The van der Waals surface area contributed by atoms with Crippen LogP contribution in [-0.2, 0) is 11.0 Å². The van der Waals surface area contributed by atoms with Crippen LogP contribution in [-0.4, -0.2) is 29.7 Å². The number of pyridine rings is 1. The topological polar surface area (TPSA) is 39.9 Å². The largest absolute Gasteiger partial charge is 0.415 e. The van der Waals surface area contributed by atoms with Gasteiger partial charge in [0, 0.05) is 16.1 Å². The highest BCUT2D eigenvalue weighted by Gasteiger charge is 2.36. The summed E-state index contributed by atoms with van der Waals surface area (Å²) in [6, 6.07) is 0. The molecule has 0 amide bonds. The number of halogens is 1. The second kappa shape index (κ2) is 5.58. The van der Waals surface area contributed by atoms with Gasteiger partial charge in [-0.05, 0) is 34.1 Å². The Morgan fingerprint density at radius 2 is 1.95 bits per heavy atom. The van der Waals surface area contributed by atoms with Crippen LogP contribution in [0.25, 0.3) is 10.9 Å². The van der Waals surface area contributed by atoms with Crippen LogP contribution in [0.4, 0.5) is 0 Å². The third-order valence-corrected chi connectivity index (χ3v) is 9.26. The van der Waals surface area contributed by atoms with Crippen molar-refractivity contribution in [3.63, 3.8) is 0 Å². The first kappa shape index (κ1) is 15.7. The molecule has 0 unspecified atom stereocenters. The lowest BCUT2D eigenvalue weighted by atomic mass is 10.2. The van der Waals surface area contributed by atoms with Gasteiger partial charge in [0.25, 0.3) is 0 Å². The molecule has 0 aliphatic rings. The normalized spacial score (nSPS) is 13.1. The van der Waals surface area contributed by atoms with Crippen LogP contribution in [0.3, 0.4) is 0 Å². The van der Waals surface area contributed by atoms with Crippen molar-refractivity contribution in [3.05, 3.63) is 23.1 Å². The van der Waals surface area contributed by atoms with E-state index in [1.165, 1.54) is 0 Å². The zero-order chi connectivity index (χ0) is 15.0. The first-order valence-corrected chi connectivity index (χ1v) is 10.5. The maximum atomic E-state index is 6.19. The fourth-order valence-corrected chi connectivity index (χ4v) is 3.20. The van der Waals surface area contributed by atoms with Crippen LogP contribution in [0.5, 0.6) is 0 Å². The second-order valence-corrected chi connectivity index (χ2v) is 12.2. The van der Waals surface area contributed by atoms with Crippen molar-refractivity contribution in [3.8, 4) is 0 Å². The number of fused-ring (bicyclic) bond motifs is 1. The van der Waals surface area contributed by atoms with Gasteiger partial charge in [0.1, 0.15) is 0 Å². The van der Waals surface area contributed by atoms with Gasteiger partial charge in [-0.15, -0.1) is 0 Å². The number of aromatic nitrogens is 3. The average molecular weight is 356 g/mol. The molecule has 2 aromatic rings. The quantitative estimate of drug-likeness (QED) is 0.771. The molecule has 0 fully saturated rings. The van der Waals surface area contributed by atoms with E-state index in [1.807, 2.05) is 17.1 Å². The summed E-state index contributed by atoms with van der Waals surface area (Å²) in [4.78, 5) is 4.20. The molecule has 2 rings (SSSR count). The molecule has 6 heteroatoms. The second-order valence-electron chi connectivity index (χ2n) is 6.53. The van der Waals surface area contributed by atoms with E-state index in [-0.39, 0.29) is 5.04 Å². The summed E-state index contributed by atoms with van der Waals surface area (Å²) in [6.45, 7) is 12.8. The van der Waals surface area contributed by atoms with Crippen molar-refractivity contribution in [1.29, 1.82) is 0 Å². The zero-order valence-corrected chi connectivity index (χ0v) is 15.4. The monoisotopic (exact) mass is 355 g/mol. The predicted octanol–water partition coefficient (Wildman–Crippen LogP) is 4.22. The van der Waals surface area contributed by atoms with Gasteiger partial charge >= 0.3 is 0 Å². The van der Waals surface area contributed by atoms with E-state index in [0.29, 0.717) is 6.61 Å². The van der Waals surface area contributed by atoms with E-state index < -0.39 is 8.32 Å². The van der Waals surface area contributed by atoms with Crippen LogP contribution < -0.4 is 0 Å². The summed E-state index contributed by atoms with van der Waals surface area (Å²) < 4.78 is 9.13. The third-order valence-electron chi connectivity index (χ3n) is 4.09. The van der Waals surface area contributed by atoms with Gasteiger partial charge in [0.2, 0.25) is 0 Å². The molecule has 2 aromatic heterocycles. The molecule has 0 radical (unpaired) electrons. The Balaban J connectivity index is 2.06. The smallest absolute Gasteiger partial charge is 0.192 e. The minimum Gasteiger partial charge on any atom is -0.415 e. The zero-order valence-electron chi connectivity index (χ0n) is 12.8. The van der Waals surface area contributed by atoms with Crippen molar-refractivity contribution >= 4 is 35.2 Å². The van der Waals surface area contributed by atoms with Crippen molar-refractivity contribution in [2.75, 3.05) is 6.61 Å². The summed E-state index contributed by atoms with van der Waals surface area (Å²) >= 11 is 3.50. The predicted molar refractivity (Wildman–Crippen MR) is 88.4 cm³/mol. The Hall–Kier alpha value is -0.723. The molecule has 0 atom stereocenters. The molecule has 0 saturated heterocycles. The SMILES string of the molecule is CC(C)(C)[Si](C)(C)OCCn1ncc2c(Br)cncc21. The highest BCUT2D eigenvalue weighted by atomic mass is 79.9. The third kappa shape index (κ3) is 3.12. The van der Waals surface area contributed by atoms with Crippen molar-refractivity contribution in [1.82, 2.24) is 14.8 Å². The minimum absolute atomic E-state index is 0.240. The van der Waals surface area contributed by atoms with Gasteiger partial charge in [-0.1, -0.05) is 20.8 Å². The maximum absolute atomic E-state index is 6.19. The van der Waals surface area contributed by atoms with Gasteiger partial charge in [-0.3, -0.25) is 9.67 Å². The molecular weight excluding hydrogens is 334 g/mol. The molecule has 20 heavy (non-hydrogen) atoms. The molecule has 0 spiro atoms. The Morgan fingerprint density at radius 1 is 1.25 bits per heavy atom. The van der Waals surface area contributed by atoms with E-state index in [4.69, 9.17) is 4.43 Å². The molecule has 0 aliphatic carbocycles. The van der Waals surface area contributed by atoms with Gasteiger partial charge in [-0.25, -0.2) is 0 Å². The standard InChI is InChI=1S/C14H22BrN3OSi/c1-14(2,3)20(4,5)19-7-6-18-13-10-16-9-12(15)11(13)8-17-18/h8-10H,6-7H2,1-5H3. The fraction of sp³-hybridized carbons (Fsp3) is 0.571. The minimum atomic E-state index is -1.68. The molecule has 2 heterocycles. The van der Waals surface area contributed by atoms with Crippen LogP contribution in [0.1, 0.15) is 20.8 Å². The van der Waals surface area contributed by atoms with Gasteiger partial charge in [-0.2, -0.15) is 5.10 Å². The number of hydrogen-bond donors (Lipinski definition) is 0. The Morgan fingerprint density at radius 3 is 2.60 bits per heavy atom. The number of nitrogens with zero attached hydrogens (tertiary/aromatic N) is 3. The molecule has 0 aliphatic heterocycles. The van der Waals surface area contributed by atoms with Gasteiger partial charge in [0.15, 0.2) is 8.32 Å². The lowest BCUT2D eigenvalue weighted by Gasteiger charge is -2.36. The Bertz CT molecular complexity index is 604. The first-order valence-electron chi connectivity index (χ1n) is 6.81. The lowest BCUT2D eigenvalue weighted by molar-refractivity contribution is 0.268.